The summed E-state index contributed by atoms with van der Waals surface area (Å²) in [5, 5.41) is -4.89. The number of rotatable bonds is 3. The lowest BCUT2D eigenvalue weighted by Gasteiger charge is -2.10. The number of alkyl halides is 2. The van der Waals surface area contributed by atoms with Crippen molar-refractivity contribution in [3.05, 3.63) is 0 Å². The Morgan fingerprint density at radius 3 is 2.25 bits per heavy atom. The van der Waals surface area contributed by atoms with Crippen LogP contribution < -0.4 is 0 Å². The Hall–Kier alpha value is -0.760. The number of hydrogen-bond donors (Lipinski definition) is 1. The van der Waals surface area contributed by atoms with Crippen LogP contribution in [0.5, 0.6) is 0 Å². The zero-order valence-electron chi connectivity index (χ0n) is 5.95. The van der Waals surface area contributed by atoms with Crippen molar-refractivity contribution in [2.75, 3.05) is 6.61 Å². The van der Waals surface area contributed by atoms with Gasteiger partial charge in [-0.05, 0) is 6.92 Å². The Morgan fingerprint density at radius 2 is 2.00 bits per heavy atom. The largest absolute Gasteiger partial charge is 0.465 e. The highest BCUT2D eigenvalue weighted by Gasteiger charge is 2.53. The number of halogens is 2. The van der Waals surface area contributed by atoms with Crippen LogP contribution in [-0.2, 0) is 19.6 Å². The zero-order valence-corrected chi connectivity index (χ0v) is 6.77. The Labute approximate surface area is 67.1 Å². The lowest BCUT2D eigenvalue weighted by atomic mass is 10.7. The van der Waals surface area contributed by atoms with E-state index < -0.39 is 27.9 Å². The normalized spacial score (nSPS) is 12.7. The second-order valence-corrected chi connectivity index (χ2v) is 3.18. The first-order valence-corrected chi connectivity index (χ1v) is 4.19. The molecule has 8 heteroatoms. The summed E-state index contributed by atoms with van der Waals surface area (Å²) in [6, 6.07) is 0. The third-order valence-corrected chi connectivity index (χ3v) is 1.65. The predicted octanol–water partition coefficient (Wildman–Crippen LogP) is 0.0301. The molecular weight excluding hydrogens is 198 g/mol. The second kappa shape index (κ2) is 3.31. The van der Waals surface area contributed by atoms with Gasteiger partial charge in [0.2, 0.25) is 0 Å². The molecule has 0 unspecified atom stereocenters. The molecule has 0 saturated heterocycles. The molecule has 0 aliphatic heterocycles. The molecule has 0 fully saturated rings. The van der Waals surface area contributed by atoms with E-state index in [1.807, 2.05) is 0 Å². The number of carbonyl (C=O) groups excluding carboxylic acids is 1. The van der Waals surface area contributed by atoms with Crippen LogP contribution in [0, 0.1) is 0 Å². The lowest BCUT2D eigenvalue weighted by molar-refractivity contribution is -0.160. The minimum atomic E-state index is -5.73. The van der Waals surface area contributed by atoms with Gasteiger partial charge in [-0.25, -0.2) is 4.79 Å². The molecular formula is C4H6F2O5S. The maximum atomic E-state index is 12.2. The van der Waals surface area contributed by atoms with E-state index in [1.54, 1.807) is 0 Å². The first-order chi connectivity index (χ1) is 5.23. The van der Waals surface area contributed by atoms with Crippen LogP contribution in [0.4, 0.5) is 8.78 Å². The Bertz CT molecular complexity index is 269. The SMILES string of the molecule is CCOC(=O)C(F)(F)S(=O)(=O)O. The zero-order chi connectivity index (χ0) is 9.99. The standard InChI is InChI=1S/C4H6F2O5S/c1-2-11-3(7)4(5,6)12(8,9)10/h2H2,1H3,(H,8,9,10). The summed E-state index contributed by atoms with van der Waals surface area (Å²) >= 11 is 0. The smallest absolute Gasteiger partial charge is 0.461 e. The molecule has 0 aliphatic carbocycles. The second-order valence-electron chi connectivity index (χ2n) is 1.71. The first kappa shape index (κ1) is 11.2. The average molecular weight is 204 g/mol. The fourth-order valence-electron chi connectivity index (χ4n) is 0.320. The van der Waals surface area contributed by atoms with E-state index in [9.17, 15) is 22.0 Å². The van der Waals surface area contributed by atoms with Crippen LogP contribution >= 0.6 is 0 Å². The van der Waals surface area contributed by atoms with Crippen molar-refractivity contribution >= 4 is 16.1 Å². The van der Waals surface area contributed by atoms with Gasteiger partial charge in [0.05, 0.1) is 6.61 Å². The summed E-state index contributed by atoms with van der Waals surface area (Å²) in [5.41, 5.74) is 0. The van der Waals surface area contributed by atoms with E-state index in [4.69, 9.17) is 4.55 Å². The number of esters is 1. The van der Waals surface area contributed by atoms with Crippen LogP contribution in [-0.4, -0.2) is 30.8 Å². The molecule has 0 amide bonds. The fraction of sp³-hybridized carbons (Fsp3) is 0.750. The van der Waals surface area contributed by atoms with Crippen LogP contribution in [0.25, 0.3) is 0 Å². The Balaban J connectivity index is 4.75. The topological polar surface area (TPSA) is 80.7 Å². The van der Waals surface area contributed by atoms with Gasteiger partial charge in [-0.2, -0.15) is 17.2 Å². The molecule has 0 aromatic carbocycles. The minimum Gasteiger partial charge on any atom is -0.461 e. The maximum absolute atomic E-state index is 12.2. The van der Waals surface area contributed by atoms with Crippen molar-refractivity contribution in [3.8, 4) is 0 Å². The molecule has 0 bridgehead atoms. The average Bonchev–Trinajstić information content (AvgIpc) is 1.85. The van der Waals surface area contributed by atoms with Crippen LogP contribution in [0.15, 0.2) is 0 Å². The Kier molecular flexibility index (Phi) is 3.10. The number of ether oxygens (including phenoxy) is 1. The molecule has 1 N–H and O–H groups in total. The summed E-state index contributed by atoms with van der Waals surface area (Å²) in [7, 11) is -5.73. The van der Waals surface area contributed by atoms with E-state index in [1.165, 1.54) is 6.92 Å². The summed E-state index contributed by atoms with van der Waals surface area (Å²) in [4.78, 5) is 10.2. The molecule has 0 aromatic rings. The van der Waals surface area contributed by atoms with E-state index in [-0.39, 0.29) is 0 Å². The molecule has 0 aromatic heterocycles. The van der Waals surface area contributed by atoms with Gasteiger partial charge >= 0.3 is 21.3 Å². The summed E-state index contributed by atoms with van der Waals surface area (Å²) in [6.45, 7) is 0.821. The van der Waals surface area contributed by atoms with Gasteiger partial charge in [-0.15, -0.1) is 0 Å². The van der Waals surface area contributed by atoms with Crippen molar-refractivity contribution in [2.24, 2.45) is 0 Å². The summed E-state index contributed by atoms with van der Waals surface area (Å²) in [6.07, 6.45) is 0. The van der Waals surface area contributed by atoms with Crippen LogP contribution in [0.2, 0.25) is 0 Å². The summed E-state index contributed by atoms with van der Waals surface area (Å²) in [5.74, 6) is -2.28. The molecule has 72 valence electrons. The third-order valence-electron chi connectivity index (χ3n) is 0.837. The molecule has 5 nitrogen and oxygen atoms in total. The molecule has 0 heterocycles. The van der Waals surface area contributed by atoms with Crippen LogP contribution in [0.3, 0.4) is 0 Å². The van der Waals surface area contributed by atoms with Crippen LogP contribution in [0.1, 0.15) is 6.92 Å². The molecule has 0 spiro atoms. The third kappa shape index (κ3) is 2.11. The molecule has 0 atom stereocenters. The van der Waals surface area contributed by atoms with E-state index in [0.717, 1.165) is 0 Å². The van der Waals surface area contributed by atoms with Crippen molar-refractivity contribution < 1.29 is 31.3 Å². The van der Waals surface area contributed by atoms with Gasteiger partial charge < -0.3 is 4.74 Å². The quantitative estimate of drug-likeness (QED) is 0.518. The highest BCUT2D eigenvalue weighted by atomic mass is 32.2. The van der Waals surface area contributed by atoms with Gasteiger partial charge in [-0.1, -0.05) is 0 Å². The van der Waals surface area contributed by atoms with E-state index >= 15 is 0 Å². The molecule has 0 rings (SSSR count). The molecule has 12 heavy (non-hydrogen) atoms. The van der Waals surface area contributed by atoms with E-state index in [0.29, 0.717) is 0 Å². The molecule has 0 radical (unpaired) electrons. The number of carbonyl (C=O) groups is 1. The van der Waals surface area contributed by atoms with Gasteiger partial charge in [0.1, 0.15) is 0 Å². The van der Waals surface area contributed by atoms with Gasteiger partial charge in [0.15, 0.2) is 0 Å². The first-order valence-electron chi connectivity index (χ1n) is 2.75. The molecule has 0 saturated carbocycles. The van der Waals surface area contributed by atoms with Crippen molar-refractivity contribution in [1.82, 2.24) is 0 Å². The predicted molar refractivity (Wildman–Crippen MR) is 33.1 cm³/mol. The van der Waals surface area contributed by atoms with Gasteiger partial charge in [-0.3, -0.25) is 4.55 Å². The Morgan fingerprint density at radius 1 is 1.58 bits per heavy atom. The highest BCUT2D eigenvalue weighted by Crippen LogP contribution is 2.21. The fourth-order valence-corrected chi connectivity index (χ4v) is 0.590. The van der Waals surface area contributed by atoms with E-state index in [2.05, 4.69) is 4.74 Å². The molecule has 0 aliphatic rings. The lowest BCUT2D eigenvalue weighted by Crippen LogP contribution is -2.38. The van der Waals surface area contributed by atoms with Gasteiger partial charge in [0.25, 0.3) is 0 Å². The highest BCUT2D eigenvalue weighted by molar-refractivity contribution is 7.87. The van der Waals surface area contributed by atoms with Gasteiger partial charge in [0, 0.05) is 0 Å². The summed E-state index contributed by atoms with van der Waals surface area (Å²) < 4.78 is 55.7. The van der Waals surface area contributed by atoms with Crippen molar-refractivity contribution in [1.29, 1.82) is 0 Å². The maximum Gasteiger partial charge on any atom is 0.465 e. The van der Waals surface area contributed by atoms with Crippen molar-refractivity contribution in [2.45, 2.75) is 12.2 Å². The minimum absolute atomic E-state index is 0.399. The number of hydrogen-bond acceptors (Lipinski definition) is 4. The van der Waals surface area contributed by atoms with Crippen molar-refractivity contribution in [3.63, 3.8) is 0 Å². The monoisotopic (exact) mass is 204 g/mol.